The fraction of sp³-hybridized carbons (Fsp3) is 0.535. The number of aliphatic hydroxyl groups excluding tert-OH is 1. The van der Waals surface area contributed by atoms with E-state index in [0.29, 0.717) is 5.56 Å². The molecule has 1 aliphatic heterocycles. The summed E-state index contributed by atoms with van der Waals surface area (Å²) < 4.78 is 39.2. The van der Waals surface area contributed by atoms with Crippen LogP contribution in [0.4, 0.5) is 4.79 Å². The molecule has 3 aliphatic carbocycles. The van der Waals surface area contributed by atoms with Crippen molar-refractivity contribution < 1.29 is 72.1 Å². The first-order valence-electron chi connectivity index (χ1n) is 19.7. The Morgan fingerprint density at radius 1 is 0.919 bits per heavy atom. The van der Waals surface area contributed by atoms with Gasteiger partial charge >= 0.3 is 30.0 Å². The van der Waals surface area contributed by atoms with E-state index in [2.05, 4.69) is 0 Å². The Kier molecular flexibility index (Phi) is 13.2. The van der Waals surface area contributed by atoms with Crippen LogP contribution < -0.4 is 5.73 Å². The summed E-state index contributed by atoms with van der Waals surface area (Å²) in [5, 5.41) is 24.9. The van der Waals surface area contributed by atoms with E-state index in [1.807, 2.05) is 0 Å². The van der Waals surface area contributed by atoms with Crippen LogP contribution >= 0.6 is 34.8 Å². The number of ketones is 1. The first kappa shape index (κ1) is 47.2. The van der Waals surface area contributed by atoms with Crippen molar-refractivity contribution >= 4 is 70.6 Å². The molecule has 4 N–H and O–H groups in total. The van der Waals surface area contributed by atoms with Gasteiger partial charge in [0.05, 0.1) is 29.5 Å². The van der Waals surface area contributed by atoms with Gasteiger partial charge in [-0.05, 0) is 42.7 Å². The number of rotatable bonds is 10. The quantitative estimate of drug-likeness (QED) is 0.126. The maximum Gasteiger partial charge on any atom is 0.508 e. The summed E-state index contributed by atoms with van der Waals surface area (Å²) in [5.74, 6) is -6.62. The number of benzene rings is 2. The molecule has 2 bridgehead atoms. The van der Waals surface area contributed by atoms with Gasteiger partial charge in [0.25, 0.3) is 0 Å². The molecule has 0 amide bonds. The lowest BCUT2D eigenvalue weighted by atomic mass is 9.44. The Labute approximate surface area is 372 Å². The molecule has 19 heteroatoms. The second kappa shape index (κ2) is 17.4. The third kappa shape index (κ3) is 8.42. The Balaban J connectivity index is 1.60. The van der Waals surface area contributed by atoms with Crippen LogP contribution in [-0.2, 0) is 52.3 Å². The van der Waals surface area contributed by atoms with Gasteiger partial charge in [0.2, 0.25) is 3.79 Å². The van der Waals surface area contributed by atoms with Gasteiger partial charge in [-0.15, -0.1) is 0 Å². The van der Waals surface area contributed by atoms with Gasteiger partial charge in [-0.1, -0.05) is 97.2 Å². The van der Waals surface area contributed by atoms with Crippen molar-refractivity contribution in [3.05, 3.63) is 82.9 Å². The predicted molar refractivity (Wildman–Crippen MR) is 218 cm³/mol. The van der Waals surface area contributed by atoms with E-state index in [1.54, 1.807) is 48.5 Å². The van der Waals surface area contributed by atoms with Gasteiger partial charge in [-0.25, -0.2) is 14.4 Å². The van der Waals surface area contributed by atoms with Gasteiger partial charge in [0.15, 0.2) is 23.6 Å². The highest BCUT2D eigenvalue weighted by molar-refractivity contribution is 6.67. The van der Waals surface area contributed by atoms with Gasteiger partial charge in [-0.2, -0.15) is 0 Å². The molecule has 2 saturated carbocycles. The van der Waals surface area contributed by atoms with Gasteiger partial charge in [-0.3, -0.25) is 14.4 Å². The van der Waals surface area contributed by atoms with E-state index in [1.165, 1.54) is 39.8 Å². The molecule has 0 radical (unpaired) electrons. The number of carbonyl (C=O) groups excluding carboxylic acids is 6. The number of fused-ring (bicyclic) bond motifs is 5. The summed E-state index contributed by atoms with van der Waals surface area (Å²) in [6, 6.07) is 14.7. The zero-order valence-corrected chi connectivity index (χ0v) is 36.9. The fourth-order valence-corrected chi connectivity index (χ4v) is 9.84. The maximum absolute atomic E-state index is 15.9. The standard InChI is InChI=1S/C43H48Cl3NO15/c1-21-26(59-37(53)31(50)30(47)24-13-9-7-10-14-24)18-42(55)35(61-36(52)25-15-11-8-12-16-25)33-40(6,34(51)32(58-22(2)48)29(21)39(42,4)5)27(60-38(54)57-20-43(44,45)46)17-28-41(33,19-56-28)62-23(3)49/h7-16,26-28,30-33,35,50,55H,17-20,47H2,1-6H3/t26-,27-,28+,30-,31-,32+,33-,35-,40+,41-,42+/m0/s1. The third-order valence-electron chi connectivity index (χ3n) is 12.8. The van der Waals surface area contributed by atoms with E-state index in [0.717, 1.165) is 13.8 Å². The molecule has 6 rings (SSSR count). The van der Waals surface area contributed by atoms with Crippen molar-refractivity contribution in [1.82, 2.24) is 0 Å². The lowest BCUT2D eigenvalue weighted by Crippen LogP contribution is -2.82. The van der Waals surface area contributed by atoms with Crippen molar-refractivity contribution in [3.63, 3.8) is 0 Å². The van der Waals surface area contributed by atoms with Gasteiger partial charge in [0.1, 0.15) is 36.6 Å². The second-order valence-electron chi connectivity index (χ2n) is 16.8. The van der Waals surface area contributed by atoms with E-state index in [-0.39, 0.29) is 23.1 Å². The van der Waals surface area contributed by atoms with Crippen molar-refractivity contribution in [2.24, 2.45) is 22.5 Å². The SMILES string of the molecule is CC(=O)O[C@H]1C(=O)[C@]2(C)[C@@H](OC(=O)OCC(Cl)(Cl)Cl)C[C@H]3OC[C@@]3(OC(C)=O)[C@H]2[C@H](OC(=O)c2ccccc2)[C@]2(O)C[C@H](OC(=O)[C@@H](O)[C@@H](N)c3ccccc3)C(C)=C1C2(C)C. The number of ether oxygens (including phenoxy) is 7. The average Bonchev–Trinajstić information content (AvgIpc) is 3.20. The number of nitrogens with two attached hydrogens (primary N) is 1. The highest BCUT2D eigenvalue weighted by atomic mass is 35.6. The van der Waals surface area contributed by atoms with Crippen LogP contribution in [0.25, 0.3) is 0 Å². The molecule has 0 spiro atoms. The smallest absolute Gasteiger partial charge is 0.456 e. The fourth-order valence-electron chi connectivity index (χ4n) is 9.67. The Morgan fingerprint density at radius 3 is 2.08 bits per heavy atom. The Hall–Kier alpha value is -4.29. The molecule has 11 atom stereocenters. The molecule has 1 saturated heterocycles. The topological polar surface area (TPSA) is 234 Å². The van der Waals surface area contributed by atoms with Crippen LogP contribution in [-0.4, -0.2) is 111 Å². The van der Waals surface area contributed by atoms with Crippen molar-refractivity contribution in [2.75, 3.05) is 13.2 Å². The number of Topliss-reactive ketones (excluding diaryl/α,β-unsaturated/α-hetero) is 1. The third-order valence-corrected chi connectivity index (χ3v) is 13.1. The second-order valence-corrected chi connectivity index (χ2v) is 19.3. The number of hydrogen-bond acceptors (Lipinski definition) is 16. The van der Waals surface area contributed by atoms with E-state index >= 15 is 4.79 Å². The van der Waals surface area contributed by atoms with Crippen molar-refractivity contribution in [1.29, 1.82) is 0 Å². The summed E-state index contributed by atoms with van der Waals surface area (Å²) in [5.41, 5.74) is -1.49. The van der Waals surface area contributed by atoms with Gasteiger partial charge < -0.3 is 49.1 Å². The molecule has 4 aliphatic rings. The van der Waals surface area contributed by atoms with E-state index < -0.39 is 130 Å². The molecule has 16 nitrogen and oxygen atoms in total. The van der Waals surface area contributed by atoms with Gasteiger partial charge in [0, 0.05) is 32.1 Å². The number of aliphatic hydroxyl groups is 2. The summed E-state index contributed by atoms with van der Waals surface area (Å²) >= 11 is 17.5. The van der Waals surface area contributed by atoms with Crippen LogP contribution in [0.2, 0.25) is 0 Å². The van der Waals surface area contributed by atoms with E-state index in [4.69, 9.17) is 73.7 Å². The minimum atomic E-state index is -2.46. The van der Waals surface area contributed by atoms with Crippen LogP contribution in [0.3, 0.4) is 0 Å². The monoisotopic (exact) mass is 923 g/mol. The molecule has 3 fully saturated rings. The van der Waals surface area contributed by atoms with E-state index in [9.17, 15) is 34.2 Å². The molecule has 62 heavy (non-hydrogen) atoms. The first-order valence-corrected chi connectivity index (χ1v) is 20.8. The summed E-state index contributed by atoms with van der Waals surface area (Å²) in [6.45, 7) is 6.88. The summed E-state index contributed by atoms with van der Waals surface area (Å²) in [6.07, 6.45) is -12.3. The highest BCUT2D eigenvalue weighted by Crippen LogP contribution is 2.65. The maximum atomic E-state index is 15.9. The van der Waals surface area contributed by atoms with Crippen molar-refractivity contribution in [2.45, 2.75) is 112 Å². The summed E-state index contributed by atoms with van der Waals surface area (Å²) in [4.78, 5) is 83.7. The number of halogens is 3. The molecule has 336 valence electrons. The molecule has 1 heterocycles. The predicted octanol–water partition coefficient (Wildman–Crippen LogP) is 4.80. The average molecular weight is 925 g/mol. The number of carbonyl (C=O) groups is 6. The molecule has 0 aromatic heterocycles. The lowest BCUT2D eigenvalue weighted by molar-refractivity contribution is -0.346. The number of alkyl halides is 3. The highest BCUT2D eigenvalue weighted by Gasteiger charge is 2.79. The molecule has 2 aromatic carbocycles. The molecular formula is C43H48Cl3NO15. The van der Waals surface area contributed by atoms with Crippen LogP contribution in [0.15, 0.2) is 71.8 Å². The number of esters is 4. The normalized spacial score (nSPS) is 32.2. The Morgan fingerprint density at radius 2 is 1.53 bits per heavy atom. The summed E-state index contributed by atoms with van der Waals surface area (Å²) in [7, 11) is 0. The lowest BCUT2D eigenvalue weighted by Gasteiger charge is -2.67. The molecular weight excluding hydrogens is 877 g/mol. The first-order chi connectivity index (χ1) is 28.9. The Bertz CT molecular complexity index is 2130. The van der Waals surface area contributed by atoms with Crippen molar-refractivity contribution in [3.8, 4) is 0 Å². The molecule has 0 unspecified atom stereocenters. The van der Waals surface area contributed by atoms with Crippen LogP contribution in [0.1, 0.15) is 76.3 Å². The minimum Gasteiger partial charge on any atom is -0.456 e. The zero-order chi connectivity index (χ0) is 45.7. The van der Waals surface area contributed by atoms with Crippen LogP contribution in [0.5, 0.6) is 0 Å². The van der Waals surface area contributed by atoms with Crippen LogP contribution in [0, 0.1) is 16.7 Å². The molecule has 2 aromatic rings. The number of hydrogen-bond donors (Lipinski definition) is 3. The minimum absolute atomic E-state index is 0.0207. The zero-order valence-electron chi connectivity index (χ0n) is 34.6. The largest absolute Gasteiger partial charge is 0.508 e.